The quantitative estimate of drug-likeness (QED) is 0.704. The zero-order valence-corrected chi connectivity index (χ0v) is 10.5. The molecule has 1 rings (SSSR count). The summed E-state index contributed by atoms with van der Waals surface area (Å²) in [6.45, 7) is 3.53. The molecule has 2 N–H and O–H groups in total. The summed E-state index contributed by atoms with van der Waals surface area (Å²) in [6.07, 6.45) is 2.22. The molecular weight excluding hydrogens is 230 g/mol. The Morgan fingerprint density at radius 2 is 1.88 bits per heavy atom. The second kappa shape index (κ2) is 4.71. The molecule has 6 heteroatoms. The maximum absolute atomic E-state index is 11.6. The van der Waals surface area contributed by atoms with Gasteiger partial charge in [-0.1, -0.05) is 13.8 Å². The molecule has 0 aromatic carbocycles. The van der Waals surface area contributed by atoms with Crippen LogP contribution in [0, 0.1) is 5.41 Å². The second-order valence-electron chi connectivity index (χ2n) is 4.36. The molecule has 0 radical (unpaired) electrons. The number of sulfonamides is 1. The standard InChI is InChI=1S/C10H19NO4S/c1-3-10(4-2,9(12)13)7-11-16(14,15)8-5-6-8/h8,11H,3-7H2,1-2H3,(H,12,13). The van der Waals surface area contributed by atoms with Crippen LogP contribution in [0.15, 0.2) is 0 Å². The van der Waals surface area contributed by atoms with E-state index in [0.717, 1.165) is 0 Å². The lowest BCUT2D eigenvalue weighted by Crippen LogP contribution is -2.43. The average Bonchev–Trinajstić information content (AvgIpc) is 3.03. The SMILES string of the molecule is CCC(CC)(CNS(=O)(=O)C1CC1)C(=O)O. The predicted octanol–water partition coefficient (Wildman–Crippen LogP) is 0.959. The van der Waals surface area contributed by atoms with E-state index in [1.165, 1.54) is 0 Å². The van der Waals surface area contributed by atoms with Crippen molar-refractivity contribution in [3.8, 4) is 0 Å². The van der Waals surface area contributed by atoms with Gasteiger partial charge in [0.15, 0.2) is 0 Å². The first-order valence-corrected chi connectivity index (χ1v) is 7.14. The summed E-state index contributed by atoms with van der Waals surface area (Å²) in [7, 11) is -3.29. The molecule has 0 unspecified atom stereocenters. The molecular formula is C10H19NO4S. The minimum absolute atomic E-state index is 0.00579. The highest BCUT2D eigenvalue weighted by Crippen LogP contribution is 2.30. The first-order chi connectivity index (χ1) is 7.38. The van der Waals surface area contributed by atoms with Crippen molar-refractivity contribution in [2.45, 2.75) is 44.8 Å². The molecule has 0 atom stereocenters. The number of hydrogen-bond donors (Lipinski definition) is 2. The van der Waals surface area contributed by atoms with Crippen molar-refractivity contribution in [3.63, 3.8) is 0 Å². The Morgan fingerprint density at radius 3 is 2.19 bits per heavy atom. The molecule has 94 valence electrons. The number of nitrogens with one attached hydrogen (secondary N) is 1. The highest BCUT2D eigenvalue weighted by molar-refractivity contribution is 7.90. The van der Waals surface area contributed by atoms with Gasteiger partial charge in [-0.25, -0.2) is 13.1 Å². The van der Waals surface area contributed by atoms with Gasteiger partial charge in [-0.2, -0.15) is 0 Å². The second-order valence-corrected chi connectivity index (χ2v) is 6.40. The Hall–Kier alpha value is -0.620. The Labute approximate surface area is 96.3 Å². The van der Waals surface area contributed by atoms with Gasteiger partial charge in [0.25, 0.3) is 0 Å². The van der Waals surface area contributed by atoms with Gasteiger partial charge in [-0.3, -0.25) is 4.79 Å². The maximum atomic E-state index is 11.6. The van der Waals surface area contributed by atoms with Gasteiger partial charge in [-0.05, 0) is 25.7 Å². The number of rotatable bonds is 7. The Balaban J connectivity index is 2.66. The third-order valence-electron chi connectivity index (χ3n) is 3.38. The summed E-state index contributed by atoms with van der Waals surface area (Å²) in [4.78, 5) is 11.2. The van der Waals surface area contributed by atoms with Crippen molar-refractivity contribution in [2.24, 2.45) is 5.41 Å². The summed E-state index contributed by atoms with van der Waals surface area (Å²) < 4.78 is 25.6. The zero-order valence-electron chi connectivity index (χ0n) is 9.69. The van der Waals surface area contributed by atoms with Crippen LogP contribution in [0.25, 0.3) is 0 Å². The van der Waals surface area contributed by atoms with E-state index >= 15 is 0 Å². The van der Waals surface area contributed by atoms with Crippen LogP contribution >= 0.6 is 0 Å². The van der Waals surface area contributed by atoms with Crippen LogP contribution < -0.4 is 4.72 Å². The zero-order chi connectivity index (χ0) is 12.4. The monoisotopic (exact) mass is 249 g/mol. The fraction of sp³-hybridized carbons (Fsp3) is 0.900. The van der Waals surface area contributed by atoms with Crippen LogP contribution in [0.1, 0.15) is 39.5 Å². The third kappa shape index (κ3) is 2.74. The lowest BCUT2D eigenvalue weighted by Gasteiger charge is -2.26. The molecule has 1 aliphatic carbocycles. The molecule has 0 aromatic heterocycles. The molecule has 5 nitrogen and oxygen atoms in total. The minimum atomic E-state index is -3.29. The lowest BCUT2D eigenvalue weighted by molar-refractivity contribution is -0.149. The highest BCUT2D eigenvalue weighted by atomic mass is 32.2. The summed E-state index contributed by atoms with van der Waals surface area (Å²) >= 11 is 0. The van der Waals surface area contributed by atoms with E-state index < -0.39 is 21.4 Å². The van der Waals surface area contributed by atoms with Crippen LogP contribution in [0.3, 0.4) is 0 Å². The highest BCUT2D eigenvalue weighted by Gasteiger charge is 2.40. The molecule has 0 aromatic rings. The van der Waals surface area contributed by atoms with Crippen molar-refractivity contribution < 1.29 is 18.3 Å². The topological polar surface area (TPSA) is 83.5 Å². The molecule has 1 aliphatic rings. The molecule has 0 amide bonds. The number of hydrogen-bond acceptors (Lipinski definition) is 3. The normalized spacial score (nSPS) is 17.4. The van der Waals surface area contributed by atoms with Crippen molar-refractivity contribution in [2.75, 3.05) is 6.54 Å². The molecule has 0 bridgehead atoms. The van der Waals surface area contributed by atoms with Gasteiger partial charge >= 0.3 is 5.97 Å². The van der Waals surface area contributed by atoms with Crippen molar-refractivity contribution in [1.29, 1.82) is 0 Å². The van der Waals surface area contributed by atoms with Crippen LogP contribution in [-0.4, -0.2) is 31.3 Å². The van der Waals surface area contributed by atoms with E-state index in [1.807, 2.05) is 0 Å². The van der Waals surface area contributed by atoms with Crippen LogP contribution in [-0.2, 0) is 14.8 Å². The molecule has 0 saturated heterocycles. The van der Waals surface area contributed by atoms with Crippen molar-refractivity contribution >= 4 is 16.0 Å². The summed E-state index contributed by atoms with van der Waals surface area (Å²) in [5.74, 6) is -0.934. The Morgan fingerprint density at radius 1 is 1.38 bits per heavy atom. The van der Waals surface area contributed by atoms with E-state index in [0.29, 0.717) is 25.7 Å². The van der Waals surface area contributed by atoms with Gasteiger partial charge in [0.05, 0.1) is 10.7 Å². The van der Waals surface area contributed by atoms with Gasteiger partial charge in [0, 0.05) is 6.54 Å². The van der Waals surface area contributed by atoms with Crippen LogP contribution in [0.5, 0.6) is 0 Å². The fourth-order valence-corrected chi connectivity index (χ4v) is 3.08. The van der Waals surface area contributed by atoms with Crippen molar-refractivity contribution in [3.05, 3.63) is 0 Å². The first kappa shape index (κ1) is 13.4. The van der Waals surface area contributed by atoms with Crippen molar-refractivity contribution in [1.82, 2.24) is 4.72 Å². The summed E-state index contributed by atoms with van der Waals surface area (Å²) in [5, 5.41) is 8.84. The molecule has 16 heavy (non-hydrogen) atoms. The molecule has 1 saturated carbocycles. The minimum Gasteiger partial charge on any atom is -0.481 e. The van der Waals surface area contributed by atoms with E-state index in [1.54, 1.807) is 13.8 Å². The lowest BCUT2D eigenvalue weighted by atomic mass is 9.83. The Kier molecular flexibility index (Phi) is 3.96. The predicted molar refractivity (Wildman–Crippen MR) is 60.6 cm³/mol. The number of carbonyl (C=O) groups is 1. The number of carboxylic acids is 1. The number of carboxylic acid groups (broad SMARTS) is 1. The molecule has 1 fully saturated rings. The average molecular weight is 249 g/mol. The van der Waals surface area contributed by atoms with Gasteiger partial charge in [-0.15, -0.1) is 0 Å². The first-order valence-electron chi connectivity index (χ1n) is 5.60. The van der Waals surface area contributed by atoms with Gasteiger partial charge < -0.3 is 5.11 Å². The fourth-order valence-electron chi connectivity index (χ4n) is 1.61. The van der Waals surface area contributed by atoms with Gasteiger partial charge in [0.1, 0.15) is 0 Å². The van der Waals surface area contributed by atoms with E-state index in [2.05, 4.69) is 4.72 Å². The Bertz CT molecular complexity index is 355. The molecule has 0 spiro atoms. The summed E-state index contributed by atoms with van der Waals surface area (Å²) in [5.41, 5.74) is -0.970. The van der Waals surface area contributed by atoms with E-state index in [4.69, 9.17) is 5.11 Å². The molecule has 0 heterocycles. The number of aliphatic carboxylic acids is 1. The maximum Gasteiger partial charge on any atom is 0.310 e. The summed E-state index contributed by atoms with van der Waals surface area (Å²) in [6, 6.07) is 0. The van der Waals surface area contributed by atoms with Crippen LogP contribution in [0.2, 0.25) is 0 Å². The molecule has 0 aliphatic heterocycles. The van der Waals surface area contributed by atoms with E-state index in [-0.39, 0.29) is 11.8 Å². The van der Waals surface area contributed by atoms with Crippen LogP contribution in [0.4, 0.5) is 0 Å². The van der Waals surface area contributed by atoms with Gasteiger partial charge in [0.2, 0.25) is 10.0 Å². The van der Waals surface area contributed by atoms with E-state index in [9.17, 15) is 13.2 Å². The smallest absolute Gasteiger partial charge is 0.310 e. The third-order valence-corrected chi connectivity index (χ3v) is 5.28. The largest absolute Gasteiger partial charge is 0.481 e.